The van der Waals surface area contributed by atoms with E-state index in [1.54, 1.807) is 23.0 Å². The van der Waals surface area contributed by atoms with Crippen LogP contribution in [-0.4, -0.2) is 9.78 Å². The van der Waals surface area contributed by atoms with Crippen LogP contribution in [0.4, 0.5) is 0 Å². The van der Waals surface area contributed by atoms with E-state index in [2.05, 4.69) is 5.10 Å². The summed E-state index contributed by atoms with van der Waals surface area (Å²) in [6, 6.07) is 7.15. The molecule has 0 bridgehead atoms. The molecule has 0 aliphatic heterocycles. The molecule has 2 rings (SSSR count). The largest absolute Gasteiger partial charge is 0.239 e. The Labute approximate surface area is 85.7 Å². The van der Waals surface area contributed by atoms with Crippen molar-refractivity contribution in [2.45, 2.75) is 0 Å². The van der Waals surface area contributed by atoms with E-state index in [0.717, 1.165) is 5.69 Å². The zero-order valence-corrected chi connectivity index (χ0v) is 8.13. The standard InChI is InChI=1S/C9H6Cl2N2/c10-7-2-3-9(8(11)6-7)13-5-1-4-12-13/h1-6H. The molecular weight excluding hydrogens is 207 g/mol. The molecule has 1 heterocycles. The van der Waals surface area contributed by atoms with Gasteiger partial charge in [0.25, 0.3) is 0 Å². The summed E-state index contributed by atoms with van der Waals surface area (Å²) >= 11 is 11.7. The lowest BCUT2D eigenvalue weighted by Gasteiger charge is -2.03. The van der Waals surface area contributed by atoms with Crippen LogP contribution in [-0.2, 0) is 0 Å². The first-order chi connectivity index (χ1) is 6.27. The molecule has 0 aliphatic carbocycles. The van der Waals surface area contributed by atoms with Crippen molar-refractivity contribution in [2.75, 3.05) is 0 Å². The molecule has 13 heavy (non-hydrogen) atoms. The first-order valence-corrected chi connectivity index (χ1v) is 4.48. The third kappa shape index (κ3) is 1.69. The van der Waals surface area contributed by atoms with Gasteiger partial charge in [-0.3, -0.25) is 0 Å². The van der Waals surface area contributed by atoms with Crippen molar-refractivity contribution in [2.24, 2.45) is 0 Å². The van der Waals surface area contributed by atoms with E-state index in [1.165, 1.54) is 0 Å². The molecule has 66 valence electrons. The summed E-state index contributed by atoms with van der Waals surface area (Å²) in [5.74, 6) is 0. The van der Waals surface area contributed by atoms with Crippen LogP contribution in [0.3, 0.4) is 0 Å². The van der Waals surface area contributed by atoms with Gasteiger partial charge in [0.05, 0.1) is 10.7 Å². The van der Waals surface area contributed by atoms with Crippen molar-refractivity contribution >= 4 is 23.2 Å². The summed E-state index contributed by atoms with van der Waals surface area (Å²) in [7, 11) is 0. The molecule has 0 radical (unpaired) electrons. The van der Waals surface area contributed by atoms with Gasteiger partial charge in [-0.1, -0.05) is 23.2 Å². The fourth-order valence-corrected chi connectivity index (χ4v) is 1.57. The minimum atomic E-state index is 0.594. The zero-order chi connectivity index (χ0) is 9.26. The summed E-state index contributed by atoms with van der Waals surface area (Å²) in [6.45, 7) is 0. The minimum Gasteiger partial charge on any atom is -0.239 e. The fraction of sp³-hybridized carbons (Fsp3) is 0. The summed E-state index contributed by atoms with van der Waals surface area (Å²) in [5.41, 5.74) is 0.830. The smallest absolute Gasteiger partial charge is 0.0832 e. The van der Waals surface area contributed by atoms with E-state index in [4.69, 9.17) is 23.2 Å². The number of hydrogen-bond donors (Lipinski definition) is 0. The predicted octanol–water partition coefficient (Wildman–Crippen LogP) is 3.18. The average molecular weight is 213 g/mol. The second kappa shape index (κ2) is 3.40. The van der Waals surface area contributed by atoms with Gasteiger partial charge in [0.2, 0.25) is 0 Å². The van der Waals surface area contributed by atoms with Gasteiger partial charge in [-0.05, 0) is 24.3 Å². The number of rotatable bonds is 1. The molecular formula is C9H6Cl2N2. The van der Waals surface area contributed by atoms with E-state index in [9.17, 15) is 0 Å². The van der Waals surface area contributed by atoms with Crippen molar-refractivity contribution in [1.29, 1.82) is 0 Å². The van der Waals surface area contributed by atoms with Gasteiger partial charge in [0, 0.05) is 17.4 Å². The van der Waals surface area contributed by atoms with Crippen molar-refractivity contribution in [3.63, 3.8) is 0 Å². The van der Waals surface area contributed by atoms with E-state index in [0.29, 0.717) is 10.0 Å². The normalized spacial score (nSPS) is 10.3. The van der Waals surface area contributed by atoms with Crippen molar-refractivity contribution < 1.29 is 0 Å². The number of benzene rings is 1. The van der Waals surface area contributed by atoms with Gasteiger partial charge in [0.1, 0.15) is 0 Å². The Morgan fingerprint density at radius 1 is 1.23 bits per heavy atom. The zero-order valence-electron chi connectivity index (χ0n) is 6.61. The lowest BCUT2D eigenvalue weighted by atomic mass is 10.3. The minimum absolute atomic E-state index is 0.594. The SMILES string of the molecule is Clc1ccc(-n2cccn2)c(Cl)c1. The van der Waals surface area contributed by atoms with Crippen LogP contribution < -0.4 is 0 Å². The van der Waals surface area contributed by atoms with Crippen LogP contribution in [0.2, 0.25) is 10.0 Å². The lowest BCUT2D eigenvalue weighted by Crippen LogP contribution is -1.94. The Morgan fingerprint density at radius 2 is 2.08 bits per heavy atom. The molecule has 0 spiro atoms. The molecule has 0 unspecified atom stereocenters. The maximum atomic E-state index is 5.98. The monoisotopic (exact) mass is 212 g/mol. The van der Waals surface area contributed by atoms with E-state index in [-0.39, 0.29) is 0 Å². The van der Waals surface area contributed by atoms with E-state index >= 15 is 0 Å². The lowest BCUT2D eigenvalue weighted by molar-refractivity contribution is 0.881. The molecule has 2 nitrogen and oxygen atoms in total. The van der Waals surface area contributed by atoms with Gasteiger partial charge in [-0.15, -0.1) is 0 Å². The molecule has 0 N–H and O–H groups in total. The first-order valence-electron chi connectivity index (χ1n) is 3.72. The third-order valence-corrected chi connectivity index (χ3v) is 2.20. The van der Waals surface area contributed by atoms with Gasteiger partial charge in [0.15, 0.2) is 0 Å². The maximum Gasteiger partial charge on any atom is 0.0832 e. The van der Waals surface area contributed by atoms with Crippen molar-refractivity contribution in [3.05, 3.63) is 46.7 Å². The molecule has 1 aromatic heterocycles. The molecule has 2 aromatic rings. The molecule has 0 fully saturated rings. The van der Waals surface area contributed by atoms with Gasteiger partial charge in [-0.2, -0.15) is 5.10 Å². The van der Waals surface area contributed by atoms with Crippen LogP contribution in [0.25, 0.3) is 5.69 Å². The molecule has 0 amide bonds. The van der Waals surface area contributed by atoms with Crippen LogP contribution >= 0.6 is 23.2 Å². The second-order valence-electron chi connectivity index (χ2n) is 2.55. The fourth-order valence-electron chi connectivity index (χ4n) is 1.08. The van der Waals surface area contributed by atoms with Crippen LogP contribution in [0.1, 0.15) is 0 Å². The highest BCUT2D eigenvalue weighted by Gasteiger charge is 2.02. The third-order valence-electron chi connectivity index (χ3n) is 1.66. The Balaban J connectivity index is 2.53. The van der Waals surface area contributed by atoms with Gasteiger partial charge >= 0.3 is 0 Å². The summed E-state index contributed by atoms with van der Waals surface area (Å²) in [6.07, 6.45) is 3.53. The number of aromatic nitrogens is 2. The highest BCUT2D eigenvalue weighted by atomic mass is 35.5. The van der Waals surface area contributed by atoms with Crippen LogP contribution in [0.5, 0.6) is 0 Å². The topological polar surface area (TPSA) is 17.8 Å². The quantitative estimate of drug-likeness (QED) is 0.711. The van der Waals surface area contributed by atoms with Crippen molar-refractivity contribution in [1.82, 2.24) is 9.78 Å². The maximum absolute atomic E-state index is 5.98. The molecule has 0 aliphatic rings. The molecule has 0 atom stereocenters. The van der Waals surface area contributed by atoms with E-state index in [1.807, 2.05) is 18.3 Å². The van der Waals surface area contributed by atoms with E-state index < -0.39 is 0 Å². The summed E-state index contributed by atoms with van der Waals surface area (Å²) in [5, 5.41) is 5.29. The predicted molar refractivity (Wildman–Crippen MR) is 53.6 cm³/mol. The second-order valence-corrected chi connectivity index (χ2v) is 3.39. The Kier molecular flexibility index (Phi) is 2.25. The molecule has 0 saturated carbocycles. The highest BCUT2D eigenvalue weighted by Crippen LogP contribution is 2.23. The summed E-state index contributed by atoms with van der Waals surface area (Å²) < 4.78 is 1.69. The number of hydrogen-bond acceptors (Lipinski definition) is 1. The van der Waals surface area contributed by atoms with Crippen molar-refractivity contribution in [3.8, 4) is 5.69 Å². The van der Waals surface area contributed by atoms with Gasteiger partial charge < -0.3 is 0 Å². The highest BCUT2D eigenvalue weighted by molar-refractivity contribution is 6.35. The Bertz CT molecular complexity index is 410. The summed E-state index contributed by atoms with van der Waals surface area (Å²) in [4.78, 5) is 0. The number of nitrogens with zero attached hydrogens (tertiary/aromatic N) is 2. The molecule has 1 aromatic carbocycles. The van der Waals surface area contributed by atoms with Crippen LogP contribution in [0, 0.1) is 0 Å². The van der Waals surface area contributed by atoms with Gasteiger partial charge in [-0.25, -0.2) is 4.68 Å². The number of halogens is 2. The Morgan fingerprint density at radius 3 is 2.69 bits per heavy atom. The Hall–Kier alpha value is -0.990. The average Bonchev–Trinajstić information content (AvgIpc) is 2.56. The molecule has 0 saturated heterocycles. The first kappa shape index (κ1) is 8.60. The van der Waals surface area contributed by atoms with Crippen LogP contribution in [0.15, 0.2) is 36.7 Å². The molecule has 4 heteroatoms.